The number of rotatable bonds is 3. The summed E-state index contributed by atoms with van der Waals surface area (Å²) in [6, 6.07) is 20.0. The van der Waals surface area contributed by atoms with Crippen LogP contribution in [0.2, 0.25) is 0 Å². The van der Waals surface area contributed by atoms with Crippen LogP contribution in [0.1, 0.15) is 131 Å². The average molecular weight is 741 g/mol. The zero-order valence-electron chi connectivity index (χ0n) is 30.4. The van der Waals surface area contributed by atoms with Crippen LogP contribution in [0, 0.1) is 12.3 Å². The molecule has 3 aromatic carbocycles. The predicted octanol–water partition coefficient (Wildman–Crippen LogP) is 5.97. The Balaban J connectivity index is 0.00000217. The molecule has 0 radical (unpaired) electrons. The predicted molar refractivity (Wildman–Crippen MR) is 193 cm³/mol. The summed E-state index contributed by atoms with van der Waals surface area (Å²) >= 11 is -2.63. The summed E-state index contributed by atoms with van der Waals surface area (Å²) in [5.74, 6) is 0. The van der Waals surface area contributed by atoms with E-state index in [0.29, 0.717) is 3.63 Å². The molecule has 0 spiro atoms. The van der Waals surface area contributed by atoms with Crippen LogP contribution >= 0.6 is 0 Å². The van der Waals surface area contributed by atoms with Crippen molar-refractivity contribution in [1.82, 2.24) is 0 Å². The molecular formula is C44H50Cl2Zr. The Bertz CT molecular complexity index is 1900. The maximum Gasteiger partial charge on any atom is -1.00 e. The maximum absolute atomic E-state index is 2.67. The third-order valence-corrected chi connectivity index (χ3v) is 20.0. The van der Waals surface area contributed by atoms with Gasteiger partial charge in [-0.15, -0.1) is 0 Å². The molecule has 0 heterocycles. The van der Waals surface area contributed by atoms with Gasteiger partial charge in [-0.1, -0.05) is 0 Å². The first-order valence-electron chi connectivity index (χ1n) is 17.0. The molecule has 0 bridgehead atoms. The monoisotopic (exact) mass is 738 g/mol. The van der Waals surface area contributed by atoms with E-state index >= 15 is 0 Å². The van der Waals surface area contributed by atoms with Crippen LogP contribution in [0.25, 0.3) is 22.3 Å². The summed E-state index contributed by atoms with van der Waals surface area (Å²) in [6.45, 7) is 28.6. The first-order chi connectivity index (χ1) is 21.0. The number of benzene rings is 3. The van der Waals surface area contributed by atoms with E-state index in [1.165, 1.54) is 55.7 Å². The van der Waals surface area contributed by atoms with Crippen molar-refractivity contribution in [1.29, 1.82) is 0 Å². The Morgan fingerprint density at radius 1 is 0.702 bits per heavy atom. The molecule has 0 fully saturated rings. The van der Waals surface area contributed by atoms with Crippen LogP contribution in [0.4, 0.5) is 0 Å². The summed E-state index contributed by atoms with van der Waals surface area (Å²) in [7, 11) is 0. The number of fused-ring (bicyclic) bond motifs is 5. The van der Waals surface area contributed by atoms with Gasteiger partial charge in [0.05, 0.1) is 0 Å². The van der Waals surface area contributed by atoms with Crippen molar-refractivity contribution in [2.24, 2.45) is 5.41 Å². The molecule has 47 heavy (non-hydrogen) atoms. The minimum atomic E-state index is -2.63. The van der Waals surface area contributed by atoms with E-state index in [4.69, 9.17) is 0 Å². The molecule has 0 N–H and O–H groups in total. The summed E-state index contributed by atoms with van der Waals surface area (Å²) in [5, 5.41) is 0. The van der Waals surface area contributed by atoms with Crippen molar-refractivity contribution in [3.63, 3.8) is 0 Å². The van der Waals surface area contributed by atoms with Gasteiger partial charge in [-0.3, -0.25) is 0 Å². The molecule has 0 amide bonds. The maximum atomic E-state index is 2.67. The Kier molecular flexibility index (Phi) is 9.31. The van der Waals surface area contributed by atoms with E-state index in [1.807, 2.05) is 0 Å². The summed E-state index contributed by atoms with van der Waals surface area (Å²) in [5.41, 5.74) is 21.2. The fourth-order valence-electron chi connectivity index (χ4n) is 9.20. The van der Waals surface area contributed by atoms with Gasteiger partial charge >= 0.3 is 282 Å². The zero-order chi connectivity index (χ0) is 32.4. The first kappa shape index (κ1) is 36.2. The van der Waals surface area contributed by atoms with Gasteiger partial charge in [-0.25, -0.2) is 0 Å². The van der Waals surface area contributed by atoms with Gasteiger partial charge in [0.15, 0.2) is 0 Å². The average Bonchev–Trinajstić information content (AvgIpc) is 3.62. The van der Waals surface area contributed by atoms with Crippen LogP contribution in [0.5, 0.6) is 0 Å². The van der Waals surface area contributed by atoms with Gasteiger partial charge in [-0.05, 0) is 0 Å². The molecule has 4 aliphatic carbocycles. The van der Waals surface area contributed by atoms with Gasteiger partial charge in [0.1, 0.15) is 0 Å². The Labute approximate surface area is 304 Å². The second-order valence-electron chi connectivity index (χ2n) is 16.6. The van der Waals surface area contributed by atoms with E-state index < -0.39 is 21.3 Å². The molecule has 0 saturated carbocycles. The van der Waals surface area contributed by atoms with Gasteiger partial charge in [0.25, 0.3) is 0 Å². The van der Waals surface area contributed by atoms with E-state index in [0.717, 1.165) is 6.42 Å². The molecule has 0 aromatic heterocycles. The minimum Gasteiger partial charge on any atom is -1.00 e. The number of halogens is 2. The van der Waals surface area contributed by atoms with Crippen molar-refractivity contribution < 1.29 is 46.1 Å². The van der Waals surface area contributed by atoms with E-state index in [9.17, 15) is 0 Å². The fourth-order valence-corrected chi connectivity index (χ4v) is 18.2. The fraction of sp³-hybridized carbons (Fsp3) is 0.386. The summed E-state index contributed by atoms with van der Waals surface area (Å²) in [4.78, 5) is 0. The van der Waals surface area contributed by atoms with Crippen LogP contribution < -0.4 is 24.8 Å². The molecule has 0 atom stereocenters. The molecule has 0 nitrogen and oxygen atoms in total. The van der Waals surface area contributed by atoms with Crippen LogP contribution in [-0.2, 0) is 32.1 Å². The smallest absolute Gasteiger partial charge is 1.00 e. The molecule has 244 valence electrons. The van der Waals surface area contributed by atoms with Gasteiger partial charge < -0.3 is 24.8 Å². The van der Waals surface area contributed by atoms with E-state index in [2.05, 4.69) is 150 Å². The number of allylic oxidation sites excluding steroid dienone is 8. The molecule has 0 unspecified atom stereocenters. The van der Waals surface area contributed by atoms with Gasteiger partial charge in [-0.2, -0.15) is 0 Å². The number of aryl methyl sites for hydroxylation is 1. The van der Waals surface area contributed by atoms with Gasteiger partial charge in [0.2, 0.25) is 0 Å². The Morgan fingerprint density at radius 3 is 1.60 bits per heavy atom. The summed E-state index contributed by atoms with van der Waals surface area (Å²) < 4.78 is 3.94. The summed E-state index contributed by atoms with van der Waals surface area (Å²) in [6.07, 6.45) is 8.69. The van der Waals surface area contributed by atoms with Crippen molar-refractivity contribution >= 4 is 14.4 Å². The van der Waals surface area contributed by atoms with Crippen LogP contribution in [-0.4, -0.2) is 3.21 Å². The molecule has 3 heteroatoms. The first-order valence-corrected chi connectivity index (χ1v) is 20.8. The second-order valence-corrected chi connectivity index (χ2v) is 23.4. The third-order valence-electron chi connectivity index (χ3n) is 11.4. The van der Waals surface area contributed by atoms with Crippen molar-refractivity contribution in [3.05, 3.63) is 126 Å². The van der Waals surface area contributed by atoms with Gasteiger partial charge in [0, 0.05) is 0 Å². The molecule has 3 aromatic rings. The number of hydrogen-bond donors (Lipinski definition) is 0. The number of hydrogen-bond acceptors (Lipinski definition) is 0. The van der Waals surface area contributed by atoms with E-state index in [-0.39, 0.29) is 41.1 Å². The minimum absolute atomic E-state index is 0. The molecule has 0 saturated heterocycles. The largest absolute Gasteiger partial charge is 1.00 e. The Morgan fingerprint density at radius 2 is 1.17 bits per heavy atom. The van der Waals surface area contributed by atoms with Crippen molar-refractivity contribution in [3.8, 4) is 11.1 Å². The topological polar surface area (TPSA) is 0 Å². The van der Waals surface area contributed by atoms with Crippen LogP contribution in [0.15, 0.2) is 81.2 Å². The molecule has 4 aliphatic rings. The third kappa shape index (κ3) is 5.66. The quantitative estimate of drug-likeness (QED) is 0.311. The van der Waals surface area contributed by atoms with E-state index in [1.54, 1.807) is 28.8 Å². The SMILES string of the molecule is CC1=CC(C)(C)c2cc3c(cc21)-c1cc2c(cc1[CH]3/[Zr+2]([C]1=C(C)C(C(C)(C)C)=CC1)=[C](\C)c1ccc(C)cc1)C(C)(C)C=C2C.[Cl-].[Cl-]. The molecule has 7 rings (SSSR count). The van der Waals surface area contributed by atoms with Crippen LogP contribution in [0.3, 0.4) is 0 Å². The molecular weight excluding hydrogens is 691 g/mol. The zero-order valence-corrected chi connectivity index (χ0v) is 34.4. The van der Waals surface area contributed by atoms with Crippen molar-refractivity contribution in [2.75, 3.05) is 0 Å². The van der Waals surface area contributed by atoms with Crippen molar-refractivity contribution in [2.45, 2.75) is 104 Å². The standard InChI is InChI=1S/C25H25.C10H15.C9H10.2ClH.Zr/c1-14-12-24(3,4)22-8-16-7-17-9-23-19(15(2)13-25(23,5)6)11-21(17)20(16)10-18(14)22;1-8-6-5-7-9(8)10(2,3)4;1-3-9-6-4-8(2)5-7-9;;;/h7-13H,1-6H3;7H,5H2,1-4H3;4-7H,1-2H3;2*1H;/q;;;;;+2/p-2. The second kappa shape index (κ2) is 12.1. The molecule has 0 aliphatic heterocycles. The Hall–Kier alpha value is -2.05. The normalized spacial score (nSPS) is 18.7.